The molecule has 15 heteroatoms. The fraction of sp³-hybridized carbons (Fsp3) is 0.259. The summed E-state index contributed by atoms with van der Waals surface area (Å²) in [5.41, 5.74) is 11.5. The summed E-state index contributed by atoms with van der Waals surface area (Å²) in [7, 11) is 3.08. The fourth-order valence-electron chi connectivity index (χ4n) is 9.63. The number of benzene rings is 6. The van der Waals surface area contributed by atoms with Crippen molar-refractivity contribution in [1.29, 1.82) is 0 Å². The van der Waals surface area contributed by atoms with Gasteiger partial charge in [0.05, 0.1) is 61.1 Å². The summed E-state index contributed by atoms with van der Waals surface area (Å²) in [5.74, 6) is 1.50. The van der Waals surface area contributed by atoms with Crippen LogP contribution >= 0.6 is 0 Å². The van der Waals surface area contributed by atoms with Gasteiger partial charge >= 0.3 is 0 Å². The number of ketones is 1. The second kappa shape index (κ2) is 21.4. The first-order valence-corrected chi connectivity index (χ1v) is 24.4. The summed E-state index contributed by atoms with van der Waals surface area (Å²) in [4.78, 5) is 65.2. The first-order valence-electron chi connectivity index (χ1n) is 24.4. The Bertz CT molecular complexity index is 3040. The summed E-state index contributed by atoms with van der Waals surface area (Å²) in [6, 6.07) is 37.7. The van der Waals surface area contributed by atoms with E-state index in [1.807, 2.05) is 109 Å². The van der Waals surface area contributed by atoms with Gasteiger partial charge in [-0.05, 0) is 96.5 Å². The van der Waals surface area contributed by atoms with E-state index < -0.39 is 0 Å². The molecule has 73 heavy (non-hydrogen) atoms. The number of aliphatic imine (C=N–C) groups is 2. The average molecular weight is 979 g/mol. The molecule has 0 spiro atoms. The highest BCUT2D eigenvalue weighted by atomic mass is 16.5. The maximum Gasteiger partial charge on any atom is 0.261 e. The lowest BCUT2D eigenvalue weighted by atomic mass is 10.0. The number of para-hydroxylation sites is 2. The minimum Gasteiger partial charge on any atom is -0.494 e. The van der Waals surface area contributed by atoms with Crippen molar-refractivity contribution < 1.29 is 42.9 Å². The highest BCUT2D eigenvalue weighted by Crippen LogP contribution is 2.43. The molecule has 4 heterocycles. The van der Waals surface area contributed by atoms with E-state index in [9.17, 15) is 19.2 Å². The van der Waals surface area contributed by atoms with E-state index in [4.69, 9.17) is 33.7 Å². The van der Waals surface area contributed by atoms with Gasteiger partial charge in [0.25, 0.3) is 11.8 Å². The summed E-state index contributed by atoms with van der Waals surface area (Å²) >= 11 is 0. The SMILES string of the molecule is COc1cc2c(cc1OCc1cc(COc3cc4c(cc3OC)C(=O)N3c5ccccc5C[C@H]3C=N4)cc(OCCCC/C(=N/NC(=O)CCC(C)=O)c3ccccc3)c1)N=C[C@@H]1Cc3ccccc3N1C2=O. The number of methoxy groups -OCH3 is 2. The highest BCUT2D eigenvalue weighted by molar-refractivity contribution is 6.16. The molecule has 0 aliphatic carbocycles. The van der Waals surface area contributed by atoms with Crippen LogP contribution in [0.3, 0.4) is 0 Å². The first-order chi connectivity index (χ1) is 35.6. The lowest BCUT2D eigenvalue weighted by molar-refractivity contribution is -0.124. The molecule has 4 aliphatic heterocycles. The van der Waals surface area contributed by atoms with Gasteiger partial charge in [-0.3, -0.25) is 34.2 Å². The Morgan fingerprint density at radius 2 is 1.15 bits per heavy atom. The number of ether oxygens (including phenoxy) is 5. The predicted octanol–water partition coefficient (Wildman–Crippen LogP) is 9.88. The van der Waals surface area contributed by atoms with Gasteiger partial charge in [-0.2, -0.15) is 5.10 Å². The molecule has 10 rings (SSSR count). The number of Topliss-reactive ketones (excluding diaryl/α,β-unsaturated/α-hetero) is 1. The van der Waals surface area contributed by atoms with E-state index in [1.54, 1.807) is 48.3 Å². The number of hydrogen-bond acceptors (Lipinski definition) is 12. The Labute approximate surface area is 423 Å². The van der Waals surface area contributed by atoms with Crippen molar-refractivity contribution in [3.63, 3.8) is 0 Å². The summed E-state index contributed by atoms with van der Waals surface area (Å²) < 4.78 is 31.0. The molecule has 4 aliphatic rings. The number of amides is 3. The van der Waals surface area contributed by atoms with Gasteiger partial charge in [-0.15, -0.1) is 0 Å². The second-order valence-electron chi connectivity index (χ2n) is 18.3. The summed E-state index contributed by atoms with van der Waals surface area (Å²) in [6.07, 6.45) is 7.18. The molecule has 1 N–H and O–H groups in total. The van der Waals surface area contributed by atoms with Crippen LogP contribution in [0.1, 0.15) is 87.6 Å². The van der Waals surface area contributed by atoms with Crippen molar-refractivity contribution in [3.8, 4) is 28.7 Å². The van der Waals surface area contributed by atoms with Crippen LogP contribution in [0.2, 0.25) is 0 Å². The number of anilines is 2. The van der Waals surface area contributed by atoms with Crippen LogP contribution in [0, 0.1) is 0 Å². The Kier molecular flexibility index (Phi) is 14.1. The van der Waals surface area contributed by atoms with Gasteiger partial charge in [0, 0.05) is 61.6 Å². The Balaban J connectivity index is 0.874. The molecule has 15 nitrogen and oxygen atoms in total. The molecule has 0 saturated carbocycles. The van der Waals surface area contributed by atoms with Crippen molar-refractivity contribution in [2.45, 2.75) is 77.2 Å². The molecule has 0 bridgehead atoms. The number of fused-ring (bicyclic) bond motifs is 8. The Morgan fingerprint density at radius 3 is 1.68 bits per heavy atom. The molecule has 0 fully saturated rings. The molecule has 3 amide bonds. The first kappa shape index (κ1) is 48.1. The van der Waals surface area contributed by atoms with Gasteiger partial charge in [-0.25, -0.2) is 5.43 Å². The van der Waals surface area contributed by atoms with Gasteiger partial charge in [0.2, 0.25) is 5.91 Å². The molecule has 0 radical (unpaired) electrons. The molecule has 0 aromatic heterocycles. The lowest BCUT2D eigenvalue weighted by Gasteiger charge is -2.22. The summed E-state index contributed by atoms with van der Waals surface area (Å²) in [6.45, 7) is 2.04. The smallest absolute Gasteiger partial charge is 0.261 e. The van der Waals surface area contributed by atoms with Crippen LogP contribution < -0.4 is 38.9 Å². The quantitative estimate of drug-likeness (QED) is 0.0472. The average Bonchev–Trinajstić information content (AvgIpc) is 3.90. The normalized spacial score (nSPS) is 16.0. The minimum atomic E-state index is -0.317. The van der Waals surface area contributed by atoms with Crippen LogP contribution in [0.5, 0.6) is 28.7 Å². The third-order valence-corrected chi connectivity index (χ3v) is 13.3. The number of nitrogens with zero attached hydrogens (tertiary/aromatic N) is 5. The molecule has 6 aromatic rings. The Morgan fingerprint density at radius 1 is 0.616 bits per heavy atom. The predicted molar refractivity (Wildman–Crippen MR) is 279 cm³/mol. The molecule has 6 aromatic carbocycles. The fourth-order valence-corrected chi connectivity index (χ4v) is 9.63. The van der Waals surface area contributed by atoms with E-state index in [2.05, 4.69) is 10.5 Å². The monoisotopic (exact) mass is 978 g/mol. The van der Waals surface area contributed by atoms with E-state index >= 15 is 0 Å². The van der Waals surface area contributed by atoms with E-state index in [-0.39, 0.29) is 61.6 Å². The summed E-state index contributed by atoms with van der Waals surface area (Å²) in [5, 5.41) is 4.44. The molecule has 0 unspecified atom stereocenters. The number of rotatable bonds is 19. The highest BCUT2D eigenvalue weighted by Gasteiger charge is 2.38. The van der Waals surface area contributed by atoms with E-state index in [0.29, 0.717) is 90.0 Å². The molecule has 370 valence electrons. The van der Waals surface area contributed by atoms with Crippen LogP contribution in [0.4, 0.5) is 22.7 Å². The number of hydrogen-bond donors (Lipinski definition) is 1. The van der Waals surface area contributed by atoms with Crippen molar-refractivity contribution in [2.24, 2.45) is 15.1 Å². The number of carbonyl (C=O) groups excluding carboxylic acids is 4. The lowest BCUT2D eigenvalue weighted by Crippen LogP contribution is -2.37. The van der Waals surface area contributed by atoms with Crippen LogP contribution in [0.15, 0.2) is 136 Å². The van der Waals surface area contributed by atoms with Gasteiger partial charge in [-0.1, -0.05) is 66.7 Å². The topological polar surface area (TPSA) is 170 Å². The molecule has 0 saturated heterocycles. The van der Waals surface area contributed by atoms with Crippen molar-refractivity contribution in [2.75, 3.05) is 30.6 Å². The van der Waals surface area contributed by atoms with Crippen molar-refractivity contribution in [3.05, 3.63) is 160 Å². The molecular formula is C58H54N6O9. The number of nitrogens with one attached hydrogen (secondary N) is 1. The maximum absolute atomic E-state index is 14.1. The van der Waals surface area contributed by atoms with Gasteiger partial charge in [0.15, 0.2) is 23.0 Å². The zero-order valence-electron chi connectivity index (χ0n) is 40.8. The molecular weight excluding hydrogens is 925 g/mol. The zero-order chi connectivity index (χ0) is 50.4. The van der Waals surface area contributed by atoms with Crippen molar-refractivity contribution in [1.82, 2.24) is 5.43 Å². The maximum atomic E-state index is 14.1. The van der Waals surface area contributed by atoms with Crippen LogP contribution in [0.25, 0.3) is 0 Å². The Hall–Kier alpha value is -8.59. The largest absolute Gasteiger partial charge is 0.494 e. The second-order valence-corrected chi connectivity index (χ2v) is 18.3. The van der Waals surface area contributed by atoms with Gasteiger partial charge < -0.3 is 28.5 Å². The van der Waals surface area contributed by atoms with E-state index in [1.165, 1.54) is 6.92 Å². The van der Waals surface area contributed by atoms with Crippen LogP contribution in [-0.4, -0.2) is 74.6 Å². The van der Waals surface area contributed by atoms with Crippen LogP contribution in [-0.2, 0) is 35.6 Å². The van der Waals surface area contributed by atoms with Gasteiger partial charge in [0.1, 0.15) is 24.7 Å². The standard InChI is InChI=1S/C58H54N6O9/c1-36(65)20-21-56(66)62-61-47(39-13-5-4-6-14-39)17-11-12-22-71-44-24-37(34-72-54-30-48-45(28-52(54)69-2)57(67)63-42(32-59-48)26-40-15-7-9-18-50(40)63)23-38(25-44)35-73-55-31-49-46(29-53(55)70-3)58(68)64-43(33-60-49)27-41-16-8-10-19-51(41)64/h4-10,13-16,18-19,23-25,28-33,42-43H,11-12,17,20-22,26-27,34-35H2,1-3H3,(H,62,66)/b61-47-/t42-,43-/m0/s1. The zero-order valence-corrected chi connectivity index (χ0v) is 40.8. The van der Waals surface area contributed by atoms with E-state index in [0.717, 1.165) is 44.9 Å². The molecule has 2 atom stereocenters. The number of unbranched alkanes of at least 4 members (excludes halogenated alkanes) is 1. The van der Waals surface area contributed by atoms with Crippen molar-refractivity contribution >= 4 is 64.4 Å². The number of carbonyl (C=O) groups is 4. The minimum absolute atomic E-state index is 0.0574. The third-order valence-electron chi connectivity index (χ3n) is 13.3. The third kappa shape index (κ3) is 10.4. The number of hydrazone groups is 1.